The summed E-state index contributed by atoms with van der Waals surface area (Å²) >= 11 is 5.87. The normalized spacial score (nSPS) is 19.3. The van der Waals surface area contributed by atoms with E-state index < -0.39 is 0 Å². The van der Waals surface area contributed by atoms with Gasteiger partial charge in [-0.2, -0.15) is 4.98 Å². The van der Waals surface area contributed by atoms with E-state index in [2.05, 4.69) is 20.8 Å². The van der Waals surface area contributed by atoms with Crippen LogP contribution < -0.4 is 10.6 Å². The highest BCUT2D eigenvalue weighted by Gasteiger charge is 2.24. The van der Waals surface area contributed by atoms with Crippen molar-refractivity contribution in [3.05, 3.63) is 35.1 Å². The molecule has 2 heterocycles. The van der Waals surface area contributed by atoms with Crippen LogP contribution in [-0.4, -0.2) is 28.6 Å². The van der Waals surface area contributed by atoms with Crippen LogP contribution in [0.15, 0.2) is 28.8 Å². The fraction of sp³-hybridized carbons (Fsp3) is 0.438. The molecule has 0 aliphatic carbocycles. The Kier molecular flexibility index (Phi) is 4.93. The SMILES string of the molecule is CC(NC(=O)[C@H]1CCCCN1)c1noc(-c2ccc(Cl)cc2)n1. The lowest BCUT2D eigenvalue weighted by Gasteiger charge is -2.23. The molecule has 2 atom stereocenters. The van der Waals surface area contributed by atoms with Gasteiger partial charge in [0.25, 0.3) is 5.89 Å². The van der Waals surface area contributed by atoms with Crippen LogP contribution in [0, 0.1) is 0 Å². The van der Waals surface area contributed by atoms with E-state index in [9.17, 15) is 4.79 Å². The summed E-state index contributed by atoms with van der Waals surface area (Å²) in [6.07, 6.45) is 3.05. The van der Waals surface area contributed by atoms with E-state index in [1.807, 2.05) is 19.1 Å². The van der Waals surface area contributed by atoms with Crippen LogP contribution >= 0.6 is 11.6 Å². The standard InChI is InChI=1S/C16H19ClN4O2/c1-10(19-15(22)13-4-2-3-9-18-13)14-20-16(23-21-14)11-5-7-12(17)8-6-11/h5-8,10,13,18H,2-4,9H2,1H3,(H,19,22)/t10?,13-/m1/s1. The number of carbonyl (C=O) groups excluding carboxylic acids is 1. The number of halogens is 1. The zero-order chi connectivity index (χ0) is 16.2. The third-order valence-electron chi connectivity index (χ3n) is 3.91. The molecule has 1 unspecified atom stereocenters. The molecule has 0 spiro atoms. The van der Waals surface area contributed by atoms with E-state index in [0.29, 0.717) is 16.7 Å². The number of aromatic nitrogens is 2. The summed E-state index contributed by atoms with van der Waals surface area (Å²) in [5.41, 5.74) is 0.792. The first-order valence-corrected chi connectivity index (χ1v) is 8.14. The summed E-state index contributed by atoms with van der Waals surface area (Å²) in [6, 6.07) is 6.72. The number of hydrogen-bond acceptors (Lipinski definition) is 5. The molecular weight excluding hydrogens is 316 g/mol. The van der Waals surface area contributed by atoms with E-state index in [0.717, 1.165) is 31.4 Å². The minimum absolute atomic E-state index is 0.0185. The molecule has 1 aliphatic heterocycles. The monoisotopic (exact) mass is 334 g/mol. The number of hydrogen-bond donors (Lipinski definition) is 2. The third-order valence-corrected chi connectivity index (χ3v) is 4.16. The Morgan fingerprint density at radius 1 is 1.39 bits per heavy atom. The van der Waals surface area contributed by atoms with Gasteiger partial charge < -0.3 is 15.2 Å². The van der Waals surface area contributed by atoms with Crippen LogP contribution in [0.4, 0.5) is 0 Å². The van der Waals surface area contributed by atoms with Crippen molar-refractivity contribution in [1.82, 2.24) is 20.8 Å². The number of carbonyl (C=O) groups is 1. The predicted octanol–water partition coefficient (Wildman–Crippen LogP) is 2.71. The molecule has 1 fully saturated rings. The third kappa shape index (κ3) is 3.89. The maximum atomic E-state index is 12.2. The molecule has 3 rings (SSSR count). The van der Waals surface area contributed by atoms with Crippen molar-refractivity contribution in [1.29, 1.82) is 0 Å². The van der Waals surface area contributed by atoms with E-state index in [4.69, 9.17) is 16.1 Å². The first-order chi connectivity index (χ1) is 11.1. The fourth-order valence-electron chi connectivity index (χ4n) is 2.57. The number of piperidine rings is 1. The van der Waals surface area contributed by atoms with Crippen LogP contribution in [0.1, 0.15) is 38.1 Å². The lowest BCUT2D eigenvalue weighted by atomic mass is 10.0. The van der Waals surface area contributed by atoms with Crippen molar-refractivity contribution in [3.63, 3.8) is 0 Å². The van der Waals surface area contributed by atoms with Crippen LogP contribution in [0.3, 0.4) is 0 Å². The summed E-state index contributed by atoms with van der Waals surface area (Å²) < 4.78 is 5.27. The van der Waals surface area contributed by atoms with Crippen molar-refractivity contribution in [2.75, 3.05) is 6.54 Å². The number of nitrogens with zero attached hydrogens (tertiary/aromatic N) is 2. The summed E-state index contributed by atoms with van der Waals surface area (Å²) in [5.74, 6) is 0.850. The molecule has 2 aromatic rings. The molecule has 7 heteroatoms. The smallest absolute Gasteiger partial charge is 0.257 e. The molecule has 1 saturated heterocycles. The van der Waals surface area contributed by atoms with Crippen molar-refractivity contribution in [2.45, 2.75) is 38.3 Å². The highest BCUT2D eigenvalue weighted by atomic mass is 35.5. The Bertz CT molecular complexity index is 665. The molecule has 0 saturated carbocycles. The van der Waals surface area contributed by atoms with Gasteiger partial charge in [-0.3, -0.25) is 4.79 Å². The van der Waals surface area contributed by atoms with Gasteiger partial charge in [0.05, 0.1) is 12.1 Å². The van der Waals surface area contributed by atoms with Crippen molar-refractivity contribution < 1.29 is 9.32 Å². The maximum Gasteiger partial charge on any atom is 0.257 e. The lowest BCUT2D eigenvalue weighted by molar-refractivity contribution is -0.124. The van der Waals surface area contributed by atoms with Gasteiger partial charge in [0.2, 0.25) is 5.91 Å². The zero-order valence-corrected chi connectivity index (χ0v) is 13.6. The topological polar surface area (TPSA) is 80.0 Å². The summed E-state index contributed by atoms with van der Waals surface area (Å²) in [4.78, 5) is 16.6. The fourth-order valence-corrected chi connectivity index (χ4v) is 2.70. The Hall–Kier alpha value is -1.92. The molecule has 1 aromatic carbocycles. The predicted molar refractivity (Wildman–Crippen MR) is 86.9 cm³/mol. The molecule has 1 aromatic heterocycles. The van der Waals surface area contributed by atoms with E-state index >= 15 is 0 Å². The molecule has 23 heavy (non-hydrogen) atoms. The minimum Gasteiger partial charge on any atom is -0.345 e. The van der Waals surface area contributed by atoms with Gasteiger partial charge in [-0.1, -0.05) is 23.2 Å². The molecule has 1 amide bonds. The quantitative estimate of drug-likeness (QED) is 0.898. The summed E-state index contributed by atoms with van der Waals surface area (Å²) in [6.45, 7) is 2.73. The maximum absolute atomic E-state index is 12.2. The van der Waals surface area contributed by atoms with E-state index in [1.54, 1.807) is 12.1 Å². The average molecular weight is 335 g/mol. The van der Waals surface area contributed by atoms with Crippen molar-refractivity contribution >= 4 is 17.5 Å². The number of benzene rings is 1. The minimum atomic E-state index is -0.309. The van der Waals surface area contributed by atoms with Crippen LogP contribution in [0.2, 0.25) is 5.02 Å². The van der Waals surface area contributed by atoms with E-state index in [-0.39, 0.29) is 18.0 Å². The molecule has 6 nitrogen and oxygen atoms in total. The molecule has 1 aliphatic rings. The second-order valence-electron chi connectivity index (χ2n) is 5.70. The molecule has 0 radical (unpaired) electrons. The molecule has 122 valence electrons. The van der Waals surface area contributed by atoms with Crippen LogP contribution in [0.25, 0.3) is 11.5 Å². The van der Waals surface area contributed by atoms with Crippen LogP contribution in [-0.2, 0) is 4.79 Å². The van der Waals surface area contributed by atoms with Gasteiger partial charge in [0, 0.05) is 10.6 Å². The Morgan fingerprint density at radius 2 is 2.17 bits per heavy atom. The van der Waals surface area contributed by atoms with Gasteiger partial charge >= 0.3 is 0 Å². The van der Waals surface area contributed by atoms with Gasteiger partial charge in [-0.15, -0.1) is 0 Å². The summed E-state index contributed by atoms with van der Waals surface area (Å²) in [5, 5.41) is 10.8. The van der Waals surface area contributed by atoms with Gasteiger partial charge in [-0.25, -0.2) is 0 Å². The average Bonchev–Trinajstić information content (AvgIpc) is 3.06. The molecule has 2 N–H and O–H groups in total. The van der Waals surface area contributed by atoms with Crippen LogP contribution in [0.5, 0.6) is 0 Å². The highest BCUT2D eigenvalue weighted by molar-refractivity contribution is 6.30. The second-order valence-corrected chi connectivity index (χ2v) is 6.13. The largest absolute Gasteiger partial charge is 0.345 e. The first-order valence-electron chi connectivity index (χ1n) is 7.77. The van der Waals surface area contributed by atoms with Crippen molar-refractivity contribution in [3.8, 4) is 11.5 Å². The van der Waals surface area contributed by atoms with Crippen molar-refractivity contribution in [2.24, 2.45) is 0 Å². The Labute approximate surface area is 139 Å². The van der Waals surface area contributed by atoms with E-state index in [1.165, 1.54) is 0 Å². The number of amides is 1. The van der Waals surface area contributed by atoms with Gasteiger partial charge in [0.1, 0.15) is 0 Å². The zero-order valence-electron chi connectivity index (χ0n) is 12.9. The Balaban J connectivity index is 1.64. The number of nitrogens with one attached hydrogen (secondary N) is 2. The highest BCUT2D eigenvalue weighted by Crippen LogP contribution is 2.21. The number of rotatable bonds is 4. The molecular formula is C16H19ClN4O2. The lowest BCUT2D eigenvalue weighted by Crippen LogP contribution is -2.47. The summed E-state index contributed by atoms with van der Waals surface area (Å²) in [7, 11) is 0. The Morgan fingerprint density at radius 3 is 2.87 bits per heavy atom. The van der Waals surface area contributed by atoms with Gasteiger partial charge in [0.15, 0.2) is 5.82 Å². The first kappa shape index (κ1) is 16.0. The molecule has 0 bridgehead atoms. The second kappa shape index (κ2) is 7.10. The van der Waals surface area contributed by atoms with Gasteiger partial charge in [-0.05, 0) is 50.6 Å².